The average Bonchev–Trinajstić information content (AvgIpc) is 3.46. The van der Waals surface area contributed by atoms with Crippen LogP contribution in [0.4, 0.5) is 5.82 Å². The van der Waals surface area contributed by atoms with Gasteiger partial charge >= 0.3 is 0 Å². The summed E-state index contributed by atoms with van der Waals surface area (Å²) in [7, 11) is 0. The number of carbonyl (C=O) groups excluding carboxylic acids is 2. The Balaban J connectivity index is 1.45. The number of rotatable bonds is 5. The summed E-state index contributed by atoms with van der Waals surface area (Å²) >= 11 is 0. The number of hydrogen-bond donors (Lipinski definition) is 2. The van der Waals surface area contributed by atoms with Gasteiger partial charge in [-0.15, -0.1) is 4.59 Å². The molecule has 9 heteroatoms. The number of amidine groups is 1. The summed E-state index contributed by atoms with van der Waals surface area (Å²) in [6.45, 7) is 4.27. The first-order valence-corrected chi connectivity index (χ1v) is 11.0. The molecule has 5 rings (SSSR count). The van der Waals surface area contributed by atoms with E-state index in [0.717, 1.165) is 29.8 Å². The first-order chi connectivity index (χ1) is 16.5. The SMILES string of the molecule is C=CC(=O)N1CCCC1C1=C2C=NC=C[N+]2(N)C(c2ccc(C(=O)Nc3ccccn3)cc2)=N1. The number of aromatic nitrogens is 1. The monoisotopic (exact) mass is 454 g/mol. The Morgan fingerprint density at radius 2 is 2.03 bits per heavy atom. The molecule has 9 nitrogen and oxygen atoms in total. The van der Waals surface area contributed by atoms with E-state index in [-0.39, 0.29) is 22.4 Å². The fourth-order valence-electron chi connectivity index (χ4n) is 4.48. The molecule has 2 amide bonds. The van der Waals surface area contributed by atoms with Gasteiger partial charge in [-0.05, 0) is 55.3 Å². The van der Waals surface area contributed by atoms with E-state index in [4.69, 9.17) is 10.8 Å². The molecule has 1 aromatic heterocycles. The zero-order valence-corrected chi connectivity index (χ0v) is 18.5. The summed E-state index contributed by atoms with van der Waals surface area (Å²) in [5.74, 6) is 7.51. The quantitative estimate of drug-likeness (QED) is 0.411. The average molecular weight is 455 g/mol. The van der Waals surface area contributed by atoms with Crippen LogP contribution >= 0.6 is 0 Å². The van der Waals surface area contributed by atoms with Crippen LogP contribution in [0.1, 0.15) is 28.8 Å². The van der Waals surface area contributed by atoms with E-state index in [9.17, 15) is 9.59 Å². The minimum Gasteiger partial charge on any atom is -0.330 e. The number of pyridine rings is 1. The van der Waals surface area contributed by atoms with E-state index < -0.39 is 0 Å². The van der Waals surface area contributed by atoms with Crippen molar-refractivity contribution >= 4 is 29.7 Å². The van der Waals surface area contributed by atoms with Crippen LogP contribution in [0.5, 0.6) is 0 Å². The van der Waals surface area contributed by atoms with Crippen molar-refractivity contribution in [3.8, 4) is 0 Å². The molecule has 1 fully saturated rings. The van der Waals surface area contributed by atoms with Crippen LogP contribution in [0.25, 0.3) is 0 Å². The maximum atomic E-state index is 12.6. The highest BCUT2D eigenvalue weighted by molar-refractivity contribution is 6.05. The van der Waals surface area contributed by atoms with Gasteiger partial charge < -0.3 is 10.2 Å². The molecule has 3 aliphatic heterocycles. The number of benzene rings is 1. The van der Waals surface area contributed by atoms with Crippen molar-refractivity contribution in [3.63, 3.8) is 0 Å². The second-order valence-corrected chi connectivity index (χ2v) is 8.20. The number of nitrogens with two attached hydrogens (primary N) is 1. The molecular weight excluding hydrogens is 430 g/mol. The van der Waals surface area contributed by atoms with Gasteiger partial charge in [-0.2, -0.15) is 10.8 Å². The number of nitrogens with zero attached hydrogens (tertiary/aromatic N) is 5. The van der Waals surface area contributed by atoms with Crippen molar-refractivity contribution in [3.05, 3.63) is 96.2 Å². The van der Waals surface area contributed by atoms with E-state index in [2.05, 4.69) is 21.9 Å². The van der Waals surface area contributed by atoms with E-state index in [1.807, 2.05) is 12.1 Å². The molecule has 1 saturated heterocycles. The summed E-state index contributed by atoms with van der Waals surface area (Å²) in [4.78, 5) is 40.1. The third-order valence-corrected chi connectivity index (χ3v) is 6.16. The van der Waals surface area contributed by atoms with Crippen LogP contribution < -0.4 is 11.2 Å². The van der Waals surface area contributed by atoms with Crippen LogP contribution in [0.15, 0.2) is 95.1 Å². The van der Waals surface area contributed by atoms with Gasteiger partial charge in [-0.25, -0.2) is 4.98 Å². The Labute approximate surface area is 196 Å². The number of nitrogens with one attached hydrogen (secondary N) is 1. The second-order valence-electron chi connectivity index (χ2n) is 8.20. The fraction of sp³-hybridized carbons (Fsp3) is 0.160. The molecule has 0 aliphatic carbocycles. The third-order valence-electron chi connectivity index (χ3n) is 6.16. The summed E-state index contributed by atoms with van der Waals surface area (Å²) < 4.78 is -0.148. The standard InChI is InChI=1S/C25H23N7O2/c1-2-22(33)31-14-5-6-19(31)23-20-16-27-13-15-32(20,26)24(30-23)17-8-10-18(11-9-17)25(34)29-21-7-3-4-12-28-21/h2-4,7-13,15-16,19H,1,5-6,14,26H2/p+1. The molecule has 0 saturated carbocycles. The molecule has 0 radical (unpaired) electrons. The summed E-state index contributed by atoms with van der Waals surface area (Å²) in [6, 6.07) is 12.2. The number of hydrogen-bond acceptors (Lipinski definition) is 6. The smallest absolute Gasteiger partial charge is 0.264 e. The molecule has 0 spiro atoms. The van der Waals surface area contributed by atoms with Crippen molar-refractivity contribution in [2.24, 2.45) is 15.8 Å². The number of quaternary nitrogens is 1. The van der Waals surface area contributed by atoms with E-state index in [0.29, 0.717) is 23.8 Å². The largest absolute Gasteiger partial charge is 0.330 e. The summed E-state index contributed by atoms with van der Waals surface area (Å²) in [5.41, 5.74) is 2.71. The normalized spacial score (nSPS) is 23.0. The number of fused-ring (bicyclic) bond motifs is 1. The molecular formula is C25H24N7O2+. The topological polar surface area (TPSA) is 113 Å². The third kappa shape index (κ3) is 3.66. The van der Waals surface area contributed by atoms with Gasteiger partial charge in [0.05, 0.1) is 24.0 Å². The number of allylic oxidation sites excluding steroid dienone is 1. The van der Waals surface area contributed by atoms with Crippen molar-refractivity contribution in [2.75, 3.05) is 11.9 Å². The second kappa shape index (κ2) is 8.62. The Hall–Kier alpha value is -4.21. The number of anilines is 1. The Morgan fingerprint density at radius 3 is 2.76 bits per heavy atom. The number of aliphatic imine (C=N–C) groups is 2. The van der Waals surface area contributed by atoms with Gasteiger partial charge in [0.15, 0.2) is 0 Å². The molecule has 1 aromatic carbocycles. The van der Waals surface area contributed by atoms with Crippen LogP contribution in [0.2, 0.25) is 0 Å². The first-order valence-electron chi connectivity index (χ1n) is 11.0. The van der Waals surface area contributed by atoms with Crippen LogP contribution in [0, 0.1) is 0 Å². The molecule has 4 heterocycles. The van der Waals surface area contributed by atoms with Crippen LogP contribution in [-0.4, -0.2) is 50.9 Å². The minimum atomic E-state index is -0.260. The minimum absolute atomic E-state index is 0.124. The van der Waals surface area contributed by atoms with E-state index in [1.54, 1.807) is 60.0 Å². The summed E-state index contributed by atoms with van der Waals surface area (Å²) in [5, 5.41) is 2.77. The van der Waals surface area contributed by atoms with Gasteiger partial charge in [0, 0.05) is 18.3 Å². The highest BCUT2D eigenvalue weighted by Crippen LogP contribution is 2.37. The lowest BCUT2D eigenvalue weighted by Gasteiger charge is -2.27. The molecule has 170 valence electrons. The predicted octanol–water partition coefficient (Wildman–Crippen LogP) is 2.73. The highest BCUT2D eigenvalue weighted by Gasteiger charge is 2.47. The van der Waals surface area contributed by atoms with Gasteiger partial charge in [-0.1, -0.05) is 12.6 Å². The number of carbonyl (C=O) groups is 2. The molecule has 0 bridgehead atoms. The predicted molar refractivity (Wildman–Crippen MR) is 129 cm³/mol. The van der Waals surface area contributed by atoms with Crippen molar-refractivity contribution in [1.82, 2.24) is 9.88 Å². The lowest BCUT2D eigenvalue weighted by Crippen LogP contribution is -2.53. The Bertz CT molecular complexity index is 1280. The van der Waals surface area contributed by atoms with Gasteiger partial charge in [0.1, 0.15) is 17.7 Å². The van der Waals surface area contributed by atoms with E-state index in [1.165, 1.54) is 6.08 Å². The summed E-state index contributed by atoms with van der Waals surface area (Å²) in [6.07, 6.45) is 9.72. The van der Waals surface area contributed by atoms with Crippen molar-refractivity contribution in [2.45, 2.75) is 18.9 Å². The zero-order valence-electron chi connectivity index (χ0n) is 18.5. The Kier molecular flexibility index (Phi) is 5.48. The molecule has 2 aromatic rings. The van der Waals surface area contributed by atoms with Crippen molar-refractivity contribution in [1.29, 1.82) is 0 Å². The molecule has 3 N–H and O–H groups in total. The number of likely N-dealkylation sites (tertiary alicyclic amines) is 1. The number of amides is 2. The lowest BCUT2D eigenvalue weighted by atomic mass is 10.1. The molecule has 2 unspecified atom stereocenters. The van der Waals surface area contributed by atoms with Gasteiger partial charge in [0.25, 0.3) is 11.7 Å². The molecule has 34 heavy (non-hydrogen) atoms. The van der Waals surface area contributed by atoms with Crippen LogP contribution in [-0.2, 0) is 4.79 Å². The lowest BCUT2D eigenvalue weighted by molar-refractivity contribution is -0.750. The maximum absolute atomic E-state index is 12.6. The maximum Gasteiger partial charge on any atom is 0.264 e. The van der Waals surface area contributed by atoms with E-state index >= 15 is 0 Å². The fourth-order valence-corrected chi connectivity index (χ4v) is 4.48. The van der Waals surface area contributed by atoms with Gasteiger partial charge in [0.2, 0.25) is 11.6 Å². The van der Waals surface area contributed by atoms with Gasteiger partial charge in [-0.3, -0.25) is 14.6 Å². The highest BCUT2D eigenvalue weighted by atomic mass is 16.2. The zero-order chi connectivity index (χ0) is 23.7. The molecule has 3 aliphatic rings. The Morgan fingerprint density at radius 1 is 1.21 bits per heavy atom. The first kappa shape index (κ1) is 21.6. The molecule has 2 atom stereocenters. The van der Waals surface area contributed by atoms with Crippen LogP contribution in [0.3, 0.4) is 0 Å². The van der Waals surface area contributed by atoms with Crippen molar-refractivity contribution < 1.29 is 14.2 Å².